The number of carbonyl (C=O) groups is 1. The molecule has 0 bridgehead atoms. The van der Waals surface area contributed by atoms with Crippen molar-refractivity contribution < 1.29 is 9.53 Å². The van der Waals surface area contributed by atoms with Gasteiger partial charge in [-0.2, -0.15) is 0 Å². The van der Waals surface area contributed by atoms with Gasteiger partial charge in [0, 0.05) is 35.5 Å². The summed E-state index contributed by atoms with van der Waals surface area (Å²) in [5, 5.41) is 3.00. The Bertz CT molecular complexity index is 453. The fraction of sp³-hybridized carbons (Fsp3) is 0.688. The summed E-state index contributed by atoms with van der Waals surface area (Å²) in [5.41, 5.74) is 0. The molecule has 1 aromatic heterocycles. The lowest BCUT2D eigenvalue weighted by Gasteiger charge is -2.25. The van der Waals surface area contributed by atoms with Gasteiger partial charge in [0.25, 0.3) is 0 Å². The summed E-state index contributed by atoms with van der Waals surface area (Å²) in [4.78, 5) is 16.9. The number of hydrogen-bond donors (Lipinski definition) is 1. The maximum absolute atomic E-state index is 12.1. The highest BCUT2D eigenvalue weighted by Gasteiger charge is 2.18. The second-order valence-electron chi connectivity index (χ2n) is 5.95. The number of carbonyl (C=O) groups excluding carboxylic acids is 1. The van der Waals surface area contributed by atoms with E-state index in [0.29, 0.717) is 19.1 Å². The highest BCUT2D eigenvalue weighted by Crippen LogP contribution is 2.18. The van der Waals surface area contributed by atoms with Gasteiger partial charge >= 0.3 is 0 Å². The molecule has 1 atom stereocenters. The molecule has 4 nitrogen and oxygen atoms in total. The number of hydrogen-bond acceptors (Lipinski definition) is 4. The summed E-state index contributed by atoms with van der Waals surface area (Å²) in [6.07, 6.45) is 2.38. The van der Waals surface area contributed by atoms with E-state index in [4.69, 9.17) is 4.74 Å². The fourth-order valence-corrected chi connectivity index (χ4v) is 3.38. The van der Waals surface area contributed by atoms with E-state index in [1.54, 1.807) is 11.3 Å². The summed E-state index contributed by atoms with van der Waals surface area (Å²) >= 11 is 1.80. The average Bonchev–Trinajstić information content (AvgIpc) is 3.07. The third kappa shape index (κ3) is 5.41. The van der Waals surface area contributed by atoms with Gasteiger partial charge in [-0.25, -0.2) is 0 Å². The topological polar surface area (TPSA) is 41.6 Å². The Morgan fingerprint density at radius 2 is 2.33 bits per heavy atom. The highest BCUT2D eigenvalue weighted by atomic mass is 32.1. The van der Waals surface area contributed by atoms with Crippen LogP contribution < -0.4 is 5.32 Å². The van der Waals surface area contributed by atoms with E-state index < -0.39 is 0 Å². The van der Waals surface area contributed by atoms with Gasteiger partial charge in [-0.3, -0.25) is 9.69 Å². The molecule has 0 radical (unpaired) electrons. The van der Waals surface area contributed by atoms with Gasteiger partial charge in [0.15, 0.2) is 0 Å². The molecule has 1 aliphatic heterocycles. The number of nitrogens with zero attached hydrogens (tertiary/aromatic N) is 1. The van der Waals surface area contributed by atoms with Crippen LogP contribution in [0, 0.1) is 6.92 Å². The first-order valence-corrected chi connectivity index (χ1v) is 8.54. The molecule has 1 saturated heterocycles. The van der Waals surface area contributed by atoms with E-state index in [1.807, 2.05) is 0 Å². The Balaban J connectivity index is 1.79. The molecule has 2 rings (SSSR count). The standard InChI is InChI=1S/C16H26N2O2S/c1-12(2)18(10-15-7-6-13(3)21-15)11-16(19)17-9-14-5-4-8-20-14/h6-7,12,14H,4-5,8-11H2,1-3H3,(H,17,19). The first-order valence-electron chi connectivity index (χ1n) is 7.72. The second-order valence-corrected chi connectivity index (χ2v) is 7.32. The van der Waals surface area contributed by atoms with Crippen LogP contribution in [-0.2, 0) is 16.1 Å². The molecule has 118 valence electrons. The van der Waals surface area contributed by atoms with Crippen molar-refractivity contribution in [3.05, 3.63) is 21.9 Å². The smallest absolute Gasteiger partial charge is 0.234 e. The van der Waals surface area contributed by atoms with Crippen molar-refractivity contribution in [2.45, 2.75) is 52.3 Å². The Hall–Kier alpha value is -0.910. The van der Waals surface area contributed by atoms with E-state index in [0.717, 1.165) is 26.0 Å². The normalized spacial score (nSPS) is 18.6. The van der Waals surface area contributed by atoms with Crippen LogP contribution in [0.2, 0.25) is 0 Å². The third-order valence-corrected chi connectivity index (χ3v) is 4.77. The minimum atomic E-state index is 0.0903. The lowest BCUT2D eigenvalue weighted by molar-refractivity contribution is -0.123. The van der Waals surface area contributed by atoms with Gasteiger partial charge in [-0.15, -0.1) is 11.3 Å². The molecule has 1 aromatic rings. The first kappa shape index (κ1) is 16.5. The van der Waals surface area contributed by atoms with Crippen molar-refractivity contribution in [3.63, 3.8) is 0 Å². The van der Waals surface area contributed by atoms with Crippen LogP contribution in [0.15, 0.2) is 12.1 Å². The monoisotopic (exact) mass is 310 g/mol. The van der Waals surface area contributed by atoms with Gasteiger partial charge in [0.1, 0.15) is 0 Å². The van der Waals surface area contributed by atoms with Crippen LogP contribution >= 0.6 is 11.3 Å². The number of amides is 1. The van der Waals surface area contributed by atoms with Crippen molar-refractivity contribution in [3.8, 4) is 0 Å². The molecule has 1 unspecified atom stereocenters. The Morgan fingerprint density at radius 3 is 2.90 bits per heavy atom. The molecule has 0 saturated carbocycles. The fourth-order valence-electron chi connectivity index (χ4n) is 2.46. The molecule has 0 aromatic carbocycles. The second kappa shape index (κ2) is 7.92. The average molecular weight is 310 g/mol. The predicted molar refractivity (Wildman–Crippen MR) is 86.6 cm³/mol. The Labute approximate surface area is 131 Å². The van der Waals surface area contributed by atoms with Crippen molar-refractivity contribution in [1.29, 1.82) is 0 Å². The number of nitrogens with one attached hydrogen (secondary N) is 1. The highest BCUT2D eigenvalue weighted by molar-refractivity contribution is 7.11. The molecule has 21 heavy (non-hydrogen) atoms. The molecule has 1 amide bonds. The van der Waals surface area contributed by atoms with Crippen molar-refractivity contribution in [2.75, 3.05) is 19.7 Å². The van der Waals surface area contributed by atoms with Gasteiger partial charge in [-0.05, 0) is 45.7 Å². The zero-order valence-electron chi connectivity index (χ0n) is 13.2. The number of aryl methyl sites for hydroxylation is 1. The summed E-state index contributed by atoms with van der Waals surface area (Å²) in [7, 11) is 0. The molecule has 1 fully saturated rings. The zero-order valence-corrected chi connectivity index (χ0v) is 14.0. The van der Waals surface area contributed by atoms with E-state index >= 15 is 0 Å². The Kier molecular flexibility index (Phi) is 6.21. The Morgan fingerprint density at radius 1 is 1.52 bits per heavy atom. The molecule has 2 heterocycles. The van der Waals surface area contributed by atoms with Crippen LogP contribution in [0.1, 0.15) is 36.4 Å². The summed E-state index contributed by atoms with van der Waals surface area (Å²) < 4.78 is 5.53. The number of ether oxygens (including phenoxy) is 1. The van der Waals surface area contributed by atoms with Gasteiger partial charge in [0.05, 0.1) is 12.6 Å². The van der Waals surface area contributed by atoms with E-state index in [9.17, 15) is 4.79 Å². The number of thiophene rings is 1. The van der Waals surface area contributed by atoms with Crippen molar-refractivity contribution >= 4 is 17.2 Å². The van der Waals surface area contributed by atoms with E-state index in [1.165, 1.54) is 9.75 Å². The zero-order chi connectivity index (χ0) is 15.2. The van der Waals surface area contributed by atoms with Crippen LogP contribution in [0.3, 0.4) is 0 Å². The first-order chi connectivity index (χ1) is 10.0. The summed E-state index contributed by atoms with van der Waals surface area (Å²) in [5.74, 6) is 0.0903. The van der Waals surface area contributed by atoms with E-state index in [2.05, 4.69) is 43.1 Å². The lowest BCUT2D eigenvalue weighted by atomic mass is 10.2. The third-order valence-electron chi connectivity index (χ3n) is 3.78. The predicted octanol–water partition coefficient (Wildman–Crippen LogP) is 2.56. The van der Waals surface area contributed by atoms with Crippen molar-refractivity contribution in [1.82, 2.24) is 10.2 Å². The summed E-state index contributed by atoms with van der Waals surface area (Å²) in [6.45, 7) is 9.13. The number of rotatable bonds is 7. The molecule has 5 heteroatoms. The maximum atomic E-state index is 12.1. The molecular weight excluding hydrogens is 284 g/mol. The van der Waals surface area contributed by atoms with Crippen molar-refractivity contribution in [2.24, 2.45) is 0 Å². The van der Waals surface area contributed by atoms with Gasteiger partial charge in [0.2, 0.25) is 5.91 Å². The minimum absolute atomic E-state index is 0.0903. The molecular formula is C16H26N2O2S. The lowest BCUT2D eigenvalue weighted by Crippen LogP contribution is -2.42. The molecule has 0 spiro atoms. The molecule has 0 aliphatic carbocycles. The van der Waals surface area contributed by atoms with Gasteiger partial charge in [-0.1, -0.05) is 0 Å². The minimum Gasteiger partial charge on any atom is -0.376 e. The van der Waals surface area contributed by atoms with Crippen LogP contribution in [0.25, 0.3) is 0 Å². The van der Waals surface area contributed by atoms with Gasteiger partial charge < -0.3 is 10.1 Å². The maximum Gasteiger partial charge on any atom is 0.234 e. The molecule has 1 N–H and O–H groups in total. The largest absolute Gasteiger partial charge is 0.376 e. The molecule has 1 aliphatic rings. The SMILES string of the molecule is Cc1ccc(CN(CC(=O)NCC2CCCO2)C(C)C)s1. The quantitative estimate of drug-likeness (QED) is 0.841. The summed E-state index contributed by atoms with van der Waals surface area (Å²) in [6, 6.07) is 4.64. The van der Waals surface area contributed by atoms with E-state index in [-0.39, 0.29) is 12.0 Å². The van der Waals surface area contributed by atoms with Crippen LogP contribution in [0.5, 0.6) is 0 Å². The van der Waals surface area contributed by atoms with Crippen LogP contribution in [0.4, 0.5) is 0 Å². The van der Waals surface area contributed by atoms with Crippen LogP contribution in [-0.4, -0.2) is 42.6 Å².